The Morgan fingerprint density at radius 1 is 1.29 bits per heavy atom. The first-order valence-corrected chi connectivity index (χ1v) is 8.48. The normalized spacial score (nSPS) is 17.4. The molecule has 1 aromatic carbocycles. The standard InChI is InChI=1S/C19H16F5N3O/c1-27-10-13(19(22,23)24)8-16(28-18(20)21)17(27)26-15-4-2-3-12-7-11(9-25)5-6-14(12)15/h5-8,10,15,18H,2-4H2,1H3. The summed E-state index contributed by atoms with van der Waals surface area (Å²) in [5.74, 6) is -0.631. The molecule has 0 saturated heterocycles. The predicted octanol–water partition coefficient (Wildman–Crippen LogP) is 4.50. The number of nitriles is 1. The number of ether oxygens (including phenoxy) is 1. The number of nitrogens with zero attached hydrogens (tertiary/aromatic N) is 3. The van der Waals surface area contributed by atoms with Crippen LogP contribution in [0.1, 0.15) is 41.1 Å². The molecule has 1 aromatic heterocycles. The molecule has 9 heteroatoms. The van der Waals surface area contributed by atoms with Gasteiger partial charge in [-0.3, -0.25) is 4.99 Å². The van der Waals surface area contributed by atoms with Crippen molar-refractivity contribution in [3.05, 3.63) is 58.2 Å². The van der Waals surface area contributed by atoms with Crippen LogP contribution >= 0.6 is 0 Å². The maximum absolute atomic E-state index is 13.0. The van der Waals surface area contributed by atoms with Gasteiger partial charge in [-0.2, -0.15) is 27.2 Å². The molecule has 0 aliphatic heterocycles. The molecule has 1 atom stereocenters. The number of hydrogen-bond donors (Lipinski definition) is 0. The molecule has 1 unspecified atom stereocenters. The second-order valence-corrected chi connectivity index (χ2v) is 6.47. The van der Waals surface area contributed by atoms with Gasteiger partial charge in [0.25, 0.3) is 0 Å². The van der Waals surface area contributed by atoms with E-state index in [-0.39, 0.29) is 5.49 Å². The fourth-order valence-corrected chi connectivity index (χ4v) is 3.32. The zero-order valence-electron chi connectivity index (χ0n) is 14.8. The van der Waals surface area contributed by atoms with E-state index < -0.39 is 30.1 Å². The highest BCUT2D eigenvalue weighted by Crippen LogP contribution is 2.34. The van der Waals surface area contributed by atoms with E-state index in [1.165, 1.54) is 7.05 Å². The van der Waals surface area contributed by atoms with Gasteiger partial charge in [-0.1, -0.05) is 6.07 Å². The molecule has 4 nitrogen and oxygen atoms in total. The Balaban J connectivity index is 2.13. The van der Waals surface area contributed by atoms with Crippen LogP contribution in [0.25, 0.3) is 0 Å². The number of aromatic nitrogens is 1. The summed E-state index contributed by atoms with van der Waals surface area (Å²) < 4.78 is 70.0. The Kier molecular flexibility index (Phi) is 5.40. The zero-order valence-corrected chi connectivity index (χ0v) is 14.8. The van der Waals surface area contributed by atoms with Crippen LogP contribution in [0.3, 0.4) is 0 Å². The zero-order chi connectivity index (χ0) is 20.5. The number of benzene rings is 1. The van der Waals surface area contributed by atoms with E-state index in [0.717, 1.165) is 34.7 Å². The van der Waals surface area contributed by atoms with E-state index in [1.807, 2.05) is 0 Å². The van der Waals surface area contributed by atoms with E-state index in [9.17, 15) is 22.0 Å². The second kappa shape index (κ2) is 7.62. The molecule has 0 bridgehead atoms. The van der Waals surface area contributed by atoms with Gasteiger partial charge in [0.05, 0.1) is 23.2 Å². The van der Waals surface area contributed by atoms with E-state index in [1.54, 1.807) is 18.2 Å². The molecule has 0 spiro atoms. The largest absolute Gasteiger partial charge is 0.431 e. The summed E-state index contributed by atoms with van der Waals surface area (Å²) in [5, 5.41) is 9.03. The third-order valence-electron chi connectivity index (χ3n) is 4.55. The van der Waals surface area contributed by atoms with E-state index in [0.29, 0.717) is 18.1 Å². The van der Waals surface area contributed by atoms with Crippen LogP contribution in [-0.2, 0) is 19.6 Å². The highest BCUT2D eigenvalue weighted by molar-refractivity contribution is 5.41. The average molecular weight is 397 g/mol. The third kappa shape index (κ3) is 4.16. The van der Waals surface area contributed by atoms with Crippen molar-refractivity contribution in [2.24, 2.45) is 12.0 Å². The topological polar surface area (TPSA) is 50.3 Å². The van der Waals surface area contributed by atoms with E-state index >= 15 is 0 Å². The molecule has 3 rings (SSSR count). The van der Waals surface area contributed by atoms with Crippen molar-refractivity contribution in [1.82, 2.24) is 4.57 Å². The molecule has 0 radical (unpaired) electrons. The minimum Gasteiger partial charge on any atom is -0.431 e. The predicted molar refractivity (Wildman–Crippen MR) is 89.4 cm³/mol. The molecule has 0 fully saturated rings. The molecule has 0 saturated carbocycles. The van der Waals surface area contributed by atoms with Gasteiger partial charge in [0.1, 0.15) is 0 Å². The number of alkyl halides is 5. The minimum atomic E-state index is -4.71. The van der Waals surface area contributed by atoms with Gasteiger partial charge < -0.3 is 9.30 Å². The van der Waals surface area contributed by atoms with Gasteiger partial charge in [0.15, 0.2) is 11.2 Å². The van der Waals surface area contributed by atoms with Gasteiger partial charge in [-0.25, -0.2) is 0 Å². The van der Waals surface area contributed by atoms with Crippen molar-refractivity contribution in [3.63, 3.8) is 0 Å². The molecule has 2 aromatic rings. The first-order chi connectivity index (χ1) is 13.2. The van der Waals surface area contributed by atoms with Crippen molar-refractivity contribution in [1.29, 1.82) is 5.26 Å². The van der Waals surface area contributed by atoms with Crippen LogP contribution in [-0.4, -0.2) is 11.2 Å². The molecule has 1 aliphatic rings. The number of hydrogen-bond acceptors (Lipinski definition) is 3. The Morgan fingerprint density at radius 3 is 2.68 bits per heavy atom. The Labute approximate surface area is 157 Å². The van der Waals surface area contributed by atoms with Gasteiger partial charge in [-0.05, 0) is 48.6 Å². The van der Waals surface area contributed by atoms with E-state index in [2.05, 4.69) is 15.8 Å². The summed E-state index contributed by atoms with van der Waals surface area (Å²) in [5.41, 5.74) is 1.04. The van der Waals surface area contributed by atoms with Crippen LogP contribution in [0.4, 0.5) is 22.0 Å². The smallest absolute Gasteiger partial charge is 0.417 e. The van der Waals surface area contributed by atoms with Crippen molar-refractivity contribution < 1.29 is 26.7 Å². The lowest BCUT2D eigenvalue weighted by Gasteiger charge is -2.23. The molecule has 0 amide bonds. The van der Waals surface area contributed by atoms with Crippen molar-refractivity contribution >= 4 is 0 Å². The molecule has 1 aliphatic carbocycles. The Bertz CT molecular complexity index is 989. The summed E-state index contributed by atoms with van der Waals surface area (Å²) >= 11 is 0. The van der Waals surface area contributed by atoms with Crippen LogP contribution in [0, 0.1) is 11.3 Å². The Morgan fingerprint density at radius 2 is 2.04 bits per heavy atom. The Hall–Kier alpha value is -2.89. The highest BCUT2D eigenvalue weighted by atomic mass is 19.4. The lowest BCUT2D eigenvalue weighted by molar-refractivity contribution is -0.138. The number of pyridine rings is 1. The van der Waals surface area contributed by atoms with Crippen molar-refractivity contribution in [2.45, 2.75) is 38.1 Å². The maximum Gasteiger partial charge on any atom is 0.417 e. The van der Waals surface area contributed by atoms with Crippen LogP contribution in [0.15, 0.2) is 35.5 Å². The van der Waals surface area contributed by atoms with Crippen molar-refractivity contribution in [3.8, 4) is 11.8 Å². The lowest BCUT2D eigenvalue weighted by atomic mass is 9.87. The number of halogens is 5. The summed E-state index contributed by atoms with van der Waals surface area (Å²) in [4.78, 5) is 4.44. The highest BCUT2D eigenvalue weighted by Gasteiger charge is 2.32. The van der Waals surface area contributed by atoms with Crippen LogP contribution < -0.4 is 10.2 Å². The monoisotopic (exact) mass is 397 g/mol. The summed E-state index contributed by atoms with van der Waals surface area (Å²) in [6.07, 6.45) is -1.81. The second-order valence-electron chi connectivity index (χ2n) is 6.47. The van der Waals surface area contributed by atoms with Gasteiger partial charge >= 0.3 is 12.8 Å². The first kappa shape index (κ1) is 19.9. The molecule has 0 N–H and O–H groups in total. The van der Waals surface area contributed by atoms with Gasteiger partial charge in [0, 0.05) is 13.2 Å². The van der Waals surface area contributed by atoms with Gasteiger partial charge in [0.2, 0.25) is 0 Å². The fraction of sp³-hybridized carbons (Fsp3) is 0.368. The molecular formula is C19H16F5N3O. The third-order valence-corrected chi connectivity index (χ3v) is 4.55. The van der Waals surface area contributed by atoms with Crippen molar-refractivity contribution in [2.75, 3.05) is 0 Å². The number of aryl methyl sites for hydroxylation is 2. The lowest BCUT2D eigenvalue weighted by Crippen LogP contribution is -2.26. The molecule has 1 heterocycles. The summed E-state index contributed by atoms with van der Waals surface area (Å²) in [7, 11) is 1.30. The van der Waals surface area contributed by atoms with Crippen LogP contribution in [0.5, 0.6) is 5.75 Å². The van der Waals surface area contributed by atoms with Crippen LogP contribution in [0.2, 0.25) is 0 Å². The fourth-order valence-electron chi connectivity index (χ4n) is 3.32. The quantitative estimate of drug-likeness (QED) is 0.717. The molecule has 148 valence electrons. The average Bonchev–Trinajstić information content (AvgIpc) is 2.62. The molecular weight excluding hydrogens is 381 g/mol. The van der Waals surface area contributed by atoms with Gasteiger partial charge in [-0.15, -0.1) is 0 Å². The first-order valence-electron chi connectivity index (χ1n) is 8.48. The van der Waals surface area contributed by atoms with E-state index in [4.69, 9.17) is 5.26 Å². The number of rotatable bonds is 3. The minimum absolute atomic E-state index is 0.101. The summed E-state index contributed by atoms with van der Waals surface area (Å²) in [6.45, 7) is -3.28. The number of fused-ring (bicyclic) bond motifs is 1. The molecule has 28 heavy (non-hydrogen) atoms. The SMILES string of the molecule is Cn1cc(C(F)(F)F)cc(OC(F)F)c1=NC1CCCc2cc(C#N)ccc21. The summed E-state index contributed by atoms with van der Waals surface area (Å²) in [6, 6.07) is 7.30. The maximum atomic E-state index is 13.0.